The van der Waals surface area contributed by atoms with Crippen LogP contribution in [0.3, 0.4) is 0 Å². The first-order valence-corrected chi connectivity index (χ1v) is 4.98. The smallest absolute Gasteiger partial charge is 0.208 e. The molecule has 0 amide bonds. The van der Waals surface area contributed by atoms with Gasteiger partial charge in [-0.3, -0.25) is 0 Å². The standard InChI is InChI=1S/C5H12NO3S/c1-10(8,9)6-4-2-3-5-7/h6H,2-5H2,1H3. The Morgan fingerprint density at radius 1 is 1.30 bits per heavy atom. The lowest BCUT2D eigenvalue weighted by Gasteiger charge is -1.98. The highest BCUT2D eigenvalue weighted by Crippen LogP contribution is 1.85. The van der Waals surface area contributed by atoms with Gasteiger partial charge in [-0.1, -0.05) is 0 Å². The summed E-state index contributed by atoms with van der Waals surface area (Å²) in [7, 11) is -3.06. The molecule has 0 aromatic heterocycles. The minimum Gasteiger partial charge on any atom is -0.237 e. The van der Waals surface area contributed by atoms with Gasteiger partial charge in [0.25, 0.3) is 0 Å². The molecule has 0 bridgehead atoms. The normalized spacial score (nSPS) is 11.8. The molecule has 0 saturated carbocycles. The molecule has 0 heterocycles. The van der Waals surface area contributed by atoms with Gasteiger partial charge in [0.15, 0.2) is 0 Å². The summed E-state index contributed by atoms with van der Waals surface area (Å²) in [6.45, 7) is 0.243. The van der Waals surface area contributed by atoms with Gasteiger partial charge in [0, 0.05) is 6.54 Å². The SMILES string of the molecule is CS(=O)(=O)NCCCC[O]. The van der Waals surface area contributed by atoms with Gasteiger partial charge in [-0.15, -0.1) is 0 Å². The Morgan fingerprint density at radius 2 is 1.90 bits per heavy atom. The second-order valence-electron chi connectivity index (χ2n) is 2.08. The predicted molar refractivity (Wildman–Crippen MR) is 37.6 cm³/mol. The summed E-state index contributed by atoms with van der Waals surface area (Å²) in [5.41, 5.74) is 0. The van der Waals surface area contributed by atoms with Crippen LogP contribution in [0.5, 0.6) is 0 Å². The maximum absolute atomic E-state index is 10.4. The van der Waals surface area contributed by atoms with Gasteiger partial charge in [0.2, 0.25) is 10.0 Å². The van der Waals surface area contributed by atoms with Crippen LogP contribution in [0.2, 0.25) is 0 Å². The molecule has 1 N–H and O–H groups in total. The van der Waals surface area contributed by atoms with Crippen molar-refractivity contribution in [3.63, 3.8) is 0 Å². The molecule has 0 aliphatic rings. The first kappa shape index (κ1) is 9.87. The molecule has 0 aliphatic carbocycles. The maximum atomic E-state index is 10.4. The average molecular weight is 166 g/mol. The summed E-state index contributed by atoms with van der Waals surface area (Å²) < 4.78 is 23.1. The van der Waals surface area contributed by atoms with Crippen LogP contribution < -0.4 is 4.72 Å². The lowest BCUT2D eigenvalue weighted by Crippen LogP contribution is -2.22. The van der Waals surface area contributed by atoms with Crippen molar-refractivity contribution in [3.05, 3.63) is 0 Å². The first-order chi connectivity index (χ1) is 4.56. The van der Waals surface area contributed by atoms with E-state index in [1.54, 1.807) is 0 Å². The summed E-state index contributed by atoms with van der Waals surface area (Å²) in [6, 6.07) is 0. The highest BCUT2D eigenvalue weighted by Gasteiger charge is 1.97. The number of rotatable bonds is 5. The third-order valence-corrected chi connectivity index (χ3v) is 1.66. The Bertz CT molecular complexity index is 164. The van der Waals surface area contributed by atoms with Crippen LogP contribution >= 0.6 is 0 Å². The molecule has 0 aliphatic heterocycles. The summed E-state index contributed by atoms with van der Waals surface area (Å²) in [6.07, 6.45) is 2.25. The van der Waals surface area contributed by atoms with Crippen LogP contribution in [0.4, 0.5) is 0 Å². The van der Waals surface area contributed by atoms with Crippen LogP contribution in [0, 0.1) is 0 Å². The monoisotopic (exact) mass is 166 g/mol. The Kier molecular flexibility index (Phi) is 4.59. The molecule has 0 atom stereocenters. The summed E-state index contributed by atoms with van der Waals surface area (Å²) in [5, 5.41) is 9.88. The fourth-order valence-corrected chi connectivity index (χ4v) is 1.000. The lowest BCUT2D eigenvalue weighted by atomic mass is 10.3. The van der Waals surface area contributed by atoms with E-state index in [9.17, 15) is 13.5 Å². The van der Waals surface area contributed by atoms with Crippen molar-refractivity contribution in [2.24, 2.45) is 0 Å². The number of hydrogen-bond donors (Lipinski definition) is 1. The number of nitrogens with one attached hydrogen (secondary N) is 1. The summed E-state index contributed by atoms with van der Waals surface area (Å²) in [5.74, 6) is 0. The third kappa shape index (κ3) is 7.87. The van der Waals surface area contributed by atoms with Crippen LogP contribution in [0.15, 0.2) is 0 Å². The molecule has 0 unspecified atom stereocenters. The highest BCUT2D eigenvalue weighted by atomic mass is 32.2. The Hall–Kier alpha value is -0.130. The number of unbranched alkanes of at least 4 members (excludes halogenated alkanes) is 1. The van der Waals surface area contributed by atoms with E-state index >= 15 is 0 Å². The molecule has 4 nitrogen and oxygen atoms in total. The molecule has 1 radical (unpaired) electrons. The van der Waals surface area contributed by atoms with Crippen molar-refractivity contribution in [1.29, 1.82) is 0 Å². The molecule has 0 aromatic rings. The third-order valence-electron chi connectivity index (χ3n) is 0.935. The van der Waals surface area contributed by atoms with Crippen LogP contribution in [0.1, 0.15) is 12.8 Å². The predicted octanol–water partition coefficient (Wildman–Crippen LogP) is -0.254. The molecule has 10 heavy (non-hydrogen) atoms. The van der Waals surface area contributed by atoms with Gasteiger partial charge < -0.3 is 0 Å². The van der Waals surface area contributed by atoms with Crippen molar-refractivity contribution in [2.45, 2.75) is 12.8 Å². The summed E-state index contributed by atoms with van der Waals surface area (Å²) in [4.78, 5) is 0. The van der Waals surface area contributed by atoms with Gasteiger partial charge in [-0.25, -0.2) is 18.2 Å². The van der Waals surface area contributed by atoms with E-state index < -0.39 is 10.0 Å². The largest absolute Gasteiger partial charge is 0.237 e. The molecule has 61 valence electrons. The fraction of sp³-hybridized carbons (Fsp3) is 1.00. The van der Waals surface area contributed by atoms with Gasteiger partial charge in [-0.2, -0.15) is 0 Å². The summed E-state index contributed by atoms with van der Waals surface area (Å²) >= 11 is 0. The van der Waals surface area contributed by atoms with E-state index in [2.05, 4.69) is 4.72 Å². The molecular weight excluding hydrogens is 154 g/mol. The molecule has 5 heteroatoms. The van der Waals surface area contributed by atoms with E-state index in [1.165, 1.54) is 0 Å². The second kappa shape index (κ2) is 4.65. The quantitative estimate of drug-likeness (QED) is 0.572. The zero-order chi connectivity index (χ0) is 8.04. The average Bonchev–Trinajstić information content (AvgIpc) is 1.78. The maximum Gasteiger partial charge on any atom is 0.208 e. The van der Waals surface area contributed by atoms with Crippen molar-refractivity contribution in [2.75, 3.05) is 19.4 Å². The zero-order valence-electron chi connectivity index (χ0n) is 5.96. The van der Waals surface area contributed by atoms with Gasteiger partial charge >= 0.3 is 0 Å². The van der Waals surface area contributed by atoms with Gasteiger partial charge in [-0.05, 0) is 12.8 Å². The van der Waals surface area contributed by atoms with Crippen molar-refractivity contribution < 1.29 is 13.5 Å². The molecule has 0 spiro atoms. The van der Waals surface area contributed by atoms with Gasteiger partial charge in [0.1, 0.15) is 0 Å². The van der Waals surface area contributed by atoms with Crippen molar-refractivity contribution in [3.8, 4) is 0 Å². The Morgan fingerprint density at radius 3 is 2.30 bits per heavy atom. The minimum absolute atomic E-state index is 0.133. The fourth-order valence-electron chi connectivity index (χ4n) is 0.485. The zero-order valence-corrected chi connectivity index (χ0v) is 6.78. The molecule has 0 fully saturated rings. The minimum atomic E-state index is -3.06. The molecule has 0 rings (SSSR count). The van der Waals surface area contributed by atoms with Crippen LogP contribution in [-0.2, 0) is 15.1 Å². The van der Waals surface area contributed by atoms with E-state index in [0.717, 1.165) is 6.26 Å². The van der Waals surface area contributed by atoms with E-state index in [4.69, 9.17) is 0 Å². The van der Waals surface area contributed by atoms with E-state index in [1.807, 2.05) is 0 Å². The molecular formula is C5H12NO3S. The number of hydrogen-bond acceptors (Lipinski definition) is 2. The highest BCUT2D eigenvalue weighted by molar-refractivity contribution is 7.88. The molecule has 0 saturated heterocycles. The second-order valence-corrected chi connectivity index (χ2v) is 3.91. The van der Waals surface area contributed by atoms with Crippen LogP contribution in [-0.4, -0.2) is 27.8 Å². The Balaban J connectivity index is 3.21. The van der Waals surface area contributed by atoms with E-state index in [-0.39, 0.29) is 6.61 Å². The van der Waals surface area contributed by atoms with Crippen molar-refractivity contribution in [1.82, 2.24) is 4.72 Å². The van der Waals surface area contributed by atoms with Gasteiger partial charge in [0.05, 0.1) is 12.9 Å². The topological polar surface area (TPSA) is 66.1 Å². The first-order valence-electron chi connectivity index (χ1n) is 3.09. The lowest BCUT2D eigenvalue weighted by molar-refractivity contribution is 0.187. The Labute approximate surface area is 61.3 Å². The van der Waals surface area contributed by atoms with Crippen LogP contribution in [0.25, 0.3) is 0 Å². The van der Waals surface area contributed by atoms with E-state index in [0.29, 0.717) is 19.4 Å². The number of sulfonamides is 1. The molecule has 0 aromatic carbocycles. The van der Waals surface area contributed by atoms with Crippen molar-refractivity contribution >= 4 is 10.0 Å².